The first-order valence-electron chi connectivity index (χ1n) is 5.87. The summed E-state index contributed by atoms with van der Waals surface area (Å²) in [7, 11) is 0. The maximum absolute atomic E-state index is 3.71. The molecule has 0 saturated carbocycles. The summed E-state index contributed by atoms with van der Waals surface area (Å²) in [6.07, 6.45) is 3.95. The summed E-state index contributed by atoms with van der Waals surface area (Å²) in [4.78, 5) is 1.50. The Hall–Kier alpha value is -0.470. The van der Waals surface area contributed by atoms with E-state index in [1.165, 1.54) is 36.3 Å². The molecule has 80 valence electrons. The lowest BCUT2D eigenvalue weighted by atomic mass is 9.84. The van der Waals surface area contributed by atoms with Crippen LogP contribution in [0.2, 0.25) is 0 Å². The zero-order valence-electron chi connectivity index (χ0n) is 9.12. The number of piperidine rings is 1. The number of benzene rings is 1. The van der Waals surface area contributed by atoms with Crippen molar-refractivity contribution >= 4 is 11.8 Å². The van der Waals surface area contributed by atoms with Crippen LogP contribution in [0.15, 0.2) is 29.2 Å². The summed E-state index contributed by atoms with van der Waals surface area (Å²) >= 11 is 2.11. The summed E-state index contributed by atoms with van der Waals surface area (Å²) in [6.45, 7) is 3.51. The summed E-state index contributed by atoms with van der Waals surface area (Å²) in [5, 5.41) is 3.71. The Labute approximate surface area is 95.6 Å². The molecule has 1 nitrogen and oxygen atoms in total. The fourth-order valence-electron chi connectivity index (χ4n) is 2.95. The van der Waals surface area contributed by atoms with Gasteiger partial charge in [0.2, 0.25) is 0 Å². The molecule has 1 fully saturated rings. The molecule has 2 heteroatoms. The molecule has 0 bridgehead atoms. The van der Waals surface area contributed by atoms with Crippen LogP contribution in [0.4, 0.5) is 0 Å². The molecule has 1 aromatic carbocycles. The summed E-state index contributed by atoms with van der Waals surface area (Å²) in [6, 6.07) is 9.49. The van der Waals surface area contributed by atoms with Crippen LogP contribution < -0.4 is 5.32 Å². The molecule has 1 N–H and O–H groups in total. The first kappa shape index (κ1) is 9.73. The van der Waals surface area contributed by atoms with Gasteiger partial charge < -0.3 is 5.32 Å². The minimum atomic E-state index is 0.446. The zero-order valence-corrected chi connectivity index (χ0v) is 9.94. The monoisotopic (exact) mass is 219 g/mol. The molecule has 2 aliphatic rings. The highest BCUT2D eigenvalue weighted by Crippen LogP contribution is 2.57. The van der Waals surface area contributed by atoms with E-state index in [0.29, 0.717) is 10.8 Å². The van der Waals surface area contributed by atoms with Crippen LogP contribution >= 0.6 is 11.8 Å². The lowest BCUT2D eigenvalue weighted by Gasteiger charge is -2.38. The van der Waals surface area contributed by atoms with Gasteiger partial charge in [-0.3, -0.25) is 0 Å². The predicted molar refractivity (Wildman–Crippen MR) is 65.3 cm³/mol. The quantitative estimate of drug-likeness (QED) is 0.777. The van der Waals surface area contributed by atoms with Crippen molar-refractivity contribution in [3.63, 3.8) is 0 Å². The van der Waals surface area contributed by atoms with Crippen molar-refractivity contribution < 1.29 is 0 Å². The maximum Gasteiger partial charge on any atom is 0.0483 e. The van der Waals surface area contributed by atoms with Gasteiger partial charge in [0.05, 0.1) is 0 Å². The van der Waals surface area contributed by atoms with Crippen LogP contribution in [0.5, 0.6) is 0 Å². The zero-order chi connectivity index (χ0) is 10.3. The standard InChI is InChI=1S/C13H17NS/c1-2-13-8-5-9-14-12(13)10-6-3-4-7-11(10)15-13/h3-4,6-7,12,14H,2,5,8-9H2,1H3/t12-,13-/m0/s1. The van der Waals surface area contributed by atoms with Crippen LogP contribution in [0.25, 0.3) is 0 Å². The third-order valence-corrected chi connectivity index (χ3v) is 5.52. The van der Waals surface area contributed by atoms with Gasteiger partial charge in [-0.1, -0.05) is 25.1 Å². The molecular weight excluding hydrogens is 202 g/mol. The van der Waals surface area contributed by atoms with E-state index < -0.39 is 0 Å². The van der Waals surface area contributed by atoms with Crippen molar-refractivity contribution in [3.8, 4) is 0 Å². The number of hydrogen-bond donors (Lipinski definition) is 1. The normalized spacial score (nSPS) is 33.5. The Morgan fingerprint density at radius 3 is 3.20 bits per heavy atom. The Bertz CT molecular complexity index is 377. The molecule has 2 atom stereocenters. The van der Waals surface area contributed by atoms with Crippen molar-refractivity contribution in [1.29, 1.82) is 0 Å². The molecule has 15 heavy (non-hydrogen) atoms. The van der Waals surface area contributed by atoms with Gasteiger partial charge in [0.15, 0.2) is 0 Å². The number of rotatable bonds is 1. The minimum Gasteiger partial charge on any atom is -0.309 e. The van der Waals surface area contributed by atoms with Crippen LogP contribution in [0, 0.1) is 0 Å². The van der Waals surface area contributed by atoms with Gasteiger partial charge in [-0.2, -0.15) is 0 Å². The number of fused-ring (bicyclic) bond motifs is 3. The van der Waals surface area contributed by atoms with Gasteiger partial charge in [0.1, 0.15) is 0 Å². The minimum absolute atomic E-state index is 0.446. The molecule has 1 aromatic rings. The fourth-order valence-corrected chi connectivity index (χ4v) is 4.56. The van der Waals surface area contributed by atoms with Crippen molar-refractivity contribution in [2.24, 2.45) is 0 Å². The maximum atomic E-state index is 3.71. The highest BCUT2D eigenvalue weighted by atomic mass is 32.2. The van der Waals surface area contributed by atoms with Crippen molar-refractivity contribution in [1.82, 2.24) is 5.32 Å². The molecule has 0 spiro atoms. The second-order valence-corrected chi connectivity index (χ2v) is 6.01. The van der Waals surface area contributed by atoms with E-state index in [2.05, 4.69) is 48.3 Å². The summed E-state index contributed by atoms with van der Waals surface area (Å²) < 4.78 is 0.446. The predicted octanol–water partition coefficient (Wildman–Crippen LogP) is 3.37. The molecule has 2 heterocycles. The molecule has 0 amide bonds. The lowest BCUT2D eigenvalue weighted by Crippen LogP contribution is -2.43. The SMILES string of the molecule is CC[C@]12CCCN[C@H]1c1ccccc1S2. The first-order valence-corrected chi connectivity index (χ1v) is 6.69. The van der Waals surface area contributed by atoms with Crippen LogP contribution in [0.1, 0.15) is 37.8 Å². The molecule has 0 aliphatic carbocycles. The summed E-state index contributed by atoms with van der Waals surface area (Å²) in [5.74, 6) is 0. The van der Waals surface area contributed by atoms with Gasteiger partial charge >= 0.3 is 0 Å². The Morgan fingerprint density at radius 2 is 2.33 bits per heavy atom. The fraction of sp³-hybridized carbons (Fsp3) is 0.538. The second kappa shape index (κ2) is 3.53. The third kappa shape index (κ3) is 1.35. The van der Waals surface area contributed by atoms with Gasteiger partial charge in [0, 0.05) is 15.7 Å². The van der Waals surface area contributed by atoms with Crippen molar-refractivity contribution in [2.75, 3.05) is 6.54 Å². The molecule has 1 saturated heterocycles. The van der Waals surface area contributed by atoms with Crippen LogP contribution in [-0.4, -0.2) is 11.3 Å². The lowest BCUT2D eigenvalue weighted by molar-refractivity contribution is 0.319. The average Bonchev–Trinajstić information content (AvgIpc) is 2.64. The van der Waals surface area contributed by atoms with Crippen LogP contribution in [0.3, 0.4) is 0 Å². The molecule has 0 radical (unpaired) electrons. The largest absolute Gasteiger partial charge is 0.309 e. The molecule has 0 aromatic heterocycles. The van der Waals surface area contributed by atoms with E-state index >= 15 is 0 Å². The van der Waals surface area contributed by atoms with Gasteiger partial charge in [0.25, 0.3) is 0 Å². The van der Waals surface area contributed by atoms with Crippen LogP contribution in [-0.2, 0) is 0 Å². The smallest absolute Gasteiger partial charge is 0.0483 e. The molecule has 0 unspecified atom stereocenters. The second-order valence-electron chi connectivity index (χ2n) is 4.55. The Kier molecular flexibility index (Phi) is 2.29. The highest BCUT2D eigenvalue weighted by Gasteiger charge is 2.46. The molecular formula is C13H17NS. The van der Waals surface area contributed by atoms with Gasteiger partial charge in [-0.15, -0.1) is 11.8 Å². The Morgan fingerprint density at radius 1 is 1.47 bits per heavy atom. The van der Waals surface area contributed by atoms with E-state index in [0.717, 1.165) is 0 Å². The number of nitrogens with one attached hydrogen (secondary N) is 1. The third-order valence-electron chi connectivity index (χ3n) is 3.79. The first-order chi connectivity index (χ1) is 7.36. The number of hydrogen-bond acceptors (Lipinski definition) is 2. The van der Waals surface area contributed by atoms with Crippen molar-refractivity contribution in [2.45, 2.75) is 41.9 Å². The molecule has 3 rings (SSSR count). The Balaban J connectivity index is 2.06. The van der Waals surface area contributed by atoms with E-state index in [-0.39, 0.29) is 0 Å². The van der Waals surface area contributed by atoms with Gasteiger partial charge in [-0.05, 0) is 37.4 Å². The van der Waals surface area contributed by atoms with E-state index in [9.17, 15) is 0 Å². The highest BCUT2D eigenvalue weighted by molar-refractivity contribution is 8.01. The number of thioether (sulfide) groups is 1. The van der Waals surface area contributed by atoms with Crippen molar-refractivity contribution in [3.05, 3.63) is 29.8 Å². The van der Waals surface area contributed by atoms with Gasteiger partial charge in [-0.25, -0.2) is 0 Å². The van der Waals surface area contributed by atoms with E-state index in [4.69, 9.17) is 0 Å². The average molecular weight is 219 g/mol. The van der Waals surface area contributed by atoms with E-state index in [1.807, 2.05) is 0 Å². The topological polar surface area (TPSA) is 12.0 Å². The van der Waals surface area contributed by atoms with E-state index in [1.54, 1.807) is 0 Å². The molecule has 2 aliphatic heterocycles. The summed E-state index contributed by atoms with van der Waals surface area (Å²) in [5.41, 5.74) is 1.53.